The van der Waals surface area contributed by atoms with Gasteiger partial charge >= 0.3 is 11.8 Å². The third-order valence-electron chi connectivity index (χ3n) is 4.52. The van der Waals surface area contributed by atoms with E-state index in [2.05, 4.69) is 4.99 Å². The molecule has 1 unspecified atom stereocenters. The van der Waals surface area contributed by atoms with Gasteiger partial charge in [0.05, 0.1) is 6.42 Å². The third-order valence-corrected chi connectivity index (χ3v) is 4.52. The summed E-state index contributed by atoms with van der Waals surface area (Å²) in [6.07, 6.45) is -5.41. The number of alkyl halides is 3. The van der Waals surface area contributed by atoms with E-state index in [0.29, 0.717) is 11.1 Å². The minimum atomic E-state index is -5.11. The molecule has 1 N–H and O–H groups in total. The highest BCUT2D eigenvalue weighted by Crippen LogP contribution is 2.39. The Kier molecular flexibility index (Phi) is 5.46. The van der Waals surface area contributed by atoms with Gasteiger partial charge in [0.2, 0.25) is 5.91 Å². The van der Waals surface area contributed by atoms with E-state index >= 15 is 0 Å². The lowest BCUT2D eigenvalue weighted by molar-refractivity contribution is -0.200. The zero-order chi connectivity index (χ0) is 21.2. The Labute approximate surface area is 166 Å². The van der Waals surface area contributed by atoms with Crippen LogP contribution in [0.5, 0.6) is 0 Å². The molecule has 152 valence electrons. The first-order chi connectivity index (χ1) is 13.7. The minimum absolute atomic E-state index is 0.122. The zero-order valence-corrected chi connectivity index (χ0v) is 15.9. The number of benzene rings is 2. The highest BCUT2D eigenvalue weighted by Gasteiger charge is 2.67. The number of halogens is 3. The standard InChI is InChI=1S/C21H20F3N3O2/c1-14(2)27-18(16-11-7-4-8-12-16)26-20(19(27)29,21(22,23)24)25-17(28)13-15-9-5-3-6-10-15/h3-12,14H,13H2,1-2H3,(H,25,28). The van der Waals surface area contributed by atoms with Gasteiger partial charge in [0.15, 0.2) is 0 Å². The number of rotatable bonds is 5. The molecule has 0 bridgehead atoms. The van der Waals surface area contributed by atoms with Gasteiger partial charge in [0.1, 0.15) is 5.84 Å². The second kappa shape index (κ2) is 7.69. The fourth-order valence-electron chi connectivity index (χ4n) is 3.17. The molecule has 8 heteroatoms. The average molecular weight is 403 g/mol. The van der Waals surface area contributed by atoms with Gasteiger partial charge in [-0.15, -0.1) is 0 Å². The predicted octanol–water partition coefficient (Wildman–Crippen LogP) is 3.30. The lowest BCUT2D eigenvalue weighted by Gasteiger charge is -2.30. The van der Waals surface area contributed by atoms with Crippen molar-refractivity contribution in [2.45, 2.75) is 38.1 Å². The maximum Gasteiger partial charge on any atom is 0.442 e. The Hall–Kier alpha value is -3.16. The van der Waals surface area contributed by atoms with Crippen LogP contribution in [0.1, 0.15) is 25.0 Å². The average Bonchev–Trinajstić information content (AvgIpc) is 2.97. The predicted molar refractivity (Wildman–Crippen MR) is 102 cm³/mol. The molecule has 1 atom stereocenters. The fourth-order valence-corrected chi connectivity index (χ4v) is 3.17. The van der Waals surface area contributed by atoms with E-state index in [1.807, 2.05) is 5.32 Å². The van der Waals surface area contributed by atoms with Gasteiger partial charge in [0, 0.05) is 11.6 Å². The fraction of sp³-hybridized carbons (Fsp3) is 0.286. The van der Waals surface area contributed by atoms with Crippen molar-refractivity contribution in [2.75, 3.05) is 0 Å². The molecule has 3 rings (SSSR count). The lowest BCUT2D eigenvalue weighted by Crippen LogP contribution is -2.64. The van der Waals surface area contributed by atoms with Crippen molar-refractivity contribution in [3.63, 3.8) is 0 Å². The molecule has 0 spiro atoms. The first-order valence-corrected chi connectivity index (χ1v) is 9.06. The molecule has 0 radical (unpaired) electrons. The van der Waals surface area contributed by atoms with Crippen molar-refractivity contribution in [3.8, 4) is 0 Å². The topological polar surface area (TPSA) is 61.8 Å². The molecule has 1 aliphatic rings. The first kappa shape index (κ1) is 20.6. The Bertz CT molecular complexity index is 927. The SMILES string of the molecule is CC(C)N1C(=O)C(NC(=O)Cc2ccccc2)(C(F)(F)F)N=C1c1ccccc1. The number of carbonyl (C=O) groups excluding carboxylic acids is 2. The van der Waals surface area contributed by atoms with Crippen LogP contribution in [0.2, 0.25) is 0 Å². The summed E-state index contributed by atoms with van der Waals surface area (Å²) < 4.78 is 42.4. The van der Waals surface area contributed by atoms with Crippen LogP contribution in [0.15, 0.2) is 65.7 Å². The molecule has 2 amide bonds. The summed E-state index contributed by atoms with van der Waals surface area (Å²) in [6, 6.07) is 15.9. The highest BCUT2D eigenvalue weighted by molar-refractivity contribution is 6.16. The van der Waals surface area contributed by atoms with E-state index in [0.717, 1.165) is 4.90 Å². The van der Waals surface area contributed by atoms with Crippen LogP contribution < -0.4 is 5.32 Å². The maximum atomic E-state index is 14.1. The van der Waals surface area contributed by atoms with Gasteiger partial charge in [-0.25, -0.2) is 4.99 Å². The van der Waals surface area contributed by atoms with E-state index in [1.165, 1.54) is 0 Å². The molecule has 0 aliphatic carbocycles. The van der Waals surface area contributed by atoms with Gasteiger partial charge in [-0.05, 0) is 19.4 Å². The van der Waals surface area contributed by atoms with Gasteiger partial charge < -0.3 is 5.32 Å². The normalized spacial score (nSPS) is 19.4. The maximum absolute atomic E-state index is 14.1. The quantitative estimate of drug-likeness (QED) is 0.833. The Balaban J connectivity index is 2.03. The molecular weight excluding hydrogens is 383 g/mol. The van der Waals surface area contributed by atoms with Crippen molar-refractivity contribution in [3.05, 3.63) is 71.8 Å². The smallest absolute Gasteiger partial charge is 0.316 e. The Morgan fingerprint density at radius 3 is 2.14 bits per heavy atom. The number of nitrogens with zero attached hydrogens (tertiary/aromatic N) is 2. The molecule has 29 heavy (non-hydrogen) atoms. The van der Waals surface area contributed by atoms with Crippen molar-refractivity contribution < 1.29 is 22.8 Å². The Morgan fingerprint density at radius 1 is 1.07 bits per heavy atom. The summed E-state index contributed by atoms with van der Waals surface area (Å²) in [7, 11) is 0. The number of amidine groups is 1. The van der Waals surface area contributed by atoms with E-state index < -0.39 is 29.7 Å². The Morgan fingerprint density at radius 2 is 1.62 bits per heavy atom. The van der Waals surface area contributed by atoms with Crippen LogP contribution in [0.4, 0.5) is 13.2 Å². The summed E-state index contributed by atoms with van der Waals surface area (Å²) in [4.78, 5) is 30.1. The summed E-state index contributed by atoms with van der Waals surface area (Å²) in [5.41, 5.74) is -2.47. The molecule has 1 aliphatic heterocycles. The van der Waals surface area contributed by atoms with E-state index in [9.17, 15) is 22.8 Å². The number of hydrogen-bond acceptors (Lipinski definition) is 3. The van der Waals surface area contributed by atoms with Crippen molar-refractivity contribution in [2.24, 2.45) is 4.99 Å². The molecule has 1 heterocycles. The van der Waals surface area contributed by atoms with Crippen LogP contribution in [-0.4, -0.2) is 40.4 Å². The molecule has 5 nitrogen and oxygen atoms in total. The number of nitrogens with one attached hydrogen (secondary N) is 1. The first-order valence-electron chi connectivity index (χ1n) is 9.06. The summed E-state index contributed by atoms with van der Waals surface area (Å²) >= 11 is 0. The molecule has 2 aromatic rings. The van der Waals surface area contributed by atoms with Crippen LogP contribution in [-0.2, 0) is 16.0 Å². The van der Waals surface area contributed by atoms with Crippen molar-refractivity contribution >= 4 is 17.6 Å². The van der Waals surface area contributed by atoms with Crippen LogP contribution in [0.3, 0.4) is 0 Å². The van der Waals surface area contributed by atoms with E-state index in [4.69, 9.17) is 0 Å². The van der Waals surface area contributed by atoms with Gasteiger partial charge in [-0.1, -0.05) is 60.7 Å². The molecule has 2 aromatic carbocycles. The van der Waals surface area contributed by atoms with Crippen LogP contribution in [0.25, 0.3) is 0 Å². The van der Waals surface area contributed by atoms with Gasteiger partial charge in [-0.2, -0.15) is 13.2 Å². The molecule has 0 aromatic heterocycles. The minimum Gasteiger partial charge on any atom is -0.316 e. The van der Waals surface area contributed by atoms with Crippen LogP contribution in [0, 0.1) is 0 Å². The van der Waals surface area contributed by atoms with Gasteiger partial charge in [-0.3, -0.25) is 14.5 Å². The molecule has 0 saturated carbocycles. The molecule has 0 fully saturated rings. The summed E-state index contributed by atoms with van der Waals surface area (Å²) in [5, 5.41) is 1.87. The van der Waals surface area contributed by atoms with E-state index in [-0.39, 0.29) is 12.3 Å². The summed E-state index contributed by atoms with van der Waals surface area (Å²) in [6.45, 7) is 3.18. The van der Waals surface area contributed by atoms with Crippen molar-refractivity contribution in [1.29, 1.82) is 0 Å². The van der Waals surface area contributed by atoms with Gasteiger partial charge in [0.25, 0.3) is 5.91 Å². The second-order valence-electron chi connectivity index (χ2n) is 6.99. The number of hydrogen-bond donors (Lipinski definition) is 1. The number of carbonyl (C=O) groups is 2. The number of amides is 2. The summed E-state index contributed by atoms with van der Waals surface area (Å²) in [5.74, 6) is -2.38. The largest absolute Gasteiger partial charge is 0.442 e. The third kappa shape index (κ3) is 3.87. The second-order valence-corrected chi connectivity index (χ2v) is 6.99. The van der Waals surface area contributed by atoms with E-state index in [1.54, 1.807) is 74.5 Å². The number of aliphatic imine (C=N–C) groups is 1. The molecule has 0 saturated heterocycles. The monoisotopic (exact) mass is 403 g/mol. The van der Waals surface area contributed by atoms with Crippen molar-refractivity contribution in [1.82, 2.24) is 10.2 Å². The van der Waals surface area contributed by atoms with Crippen LogP contribution >= 0.6 is 0 Å². The lowest BCUT2D eigenvalue weighted by atomic mass is 10.1. The zero-order valence-electron chi connectivity index (χ0n) is 15.9. The molecular formula is C21H20F3N3O2. The highest BCUT2D eigenvalue weighted by atomic mass is 19.4.